The van der Waals surface area contributed by atoms with Crippen LogP contribution in [0.1, 0.15) is 73.1 Å². The van der Waals surface area contributed by atoms with Crippen LogP contribution in [0.4, 0.5) is 0 Å². The summed E-state index contributed by atoms with van der Waals surface area (Å²) in [5, 5.41) is 0. The summed E-state index contributed by atoms with van der Waals surface area (Å²) < 4.78 is 36.4. The molecule has 5 rings (SSSR count). The molecule has 2 saturated carbocycles. The number of rotatable bonds is 6. The second-order valence-electron chi connectivity index (χ2n) is 11.4. The first-order valence-electron chi connectivity index (χ1n) is 13.0. The van der Waals surface area contributed by atoms with Crippen LogP contribution >= 0.6 is 0 Å². The minimum Gasteiger partial charge on any atom is -0.465 e. The molecule has 0 N–H and O–H groups in total. The van der Waals surface area contributed by atoms with Gasteiger partial charge >= 0.3 is 11.9 Å². The van der Waals surface area contributed by atoms with E-state index in [2.05, 4.69) is 13.8 Å². The highest BCUT2D eigenvalue weighted by Crippen LogP contribution is 2.70. The normalized spacial score (nSPS) is 49.4. The van der Waals surface area contributed by atoms with Gasteiger partial charge in [0.05, 0.1) is 18.1 Å². The number of epoxide rings is 1. The Hall–Kier alpha value is -1.22. The van der Waals surface area contributed by atoms with Crippen molar-refractivity contribution in [3.8, 4) is 0 Å². The van der Waals surface area contributed by atoms with E-state index in [4.69, 9.17) is 28.4 Å². The van der Waals surface area contributed by atoms with Crippen molar-refractivity contribution < 1.29 is 38.0 Å². The monoisotopic (exact) mass is 480 g/mol. The lowest BCUT2D eigenvalue weighted by Gasteiger charge is -2.64. The number of carbonyl (C=O) groups is 2. The third-order valence-corrected chi connectivity index (χ3v) is 9.84. The maximum absolute atomic E-state index is 12.2. The van der Waals surface area contributed by atoms with Gasteiger partial charge in [-0.1, -0.05) is 20.3 Å². The Kier molecular flexibility index (Phi) is 6.27. The summed E-state index contributed by atoms with van der Waals surface area (Å²) in [5.41, 5.74) is -1.21. The number of hydrogen-bond donors (Lipinski definition) is 0. The van der Waals surface area contributed by atoms with E-state index in [1.165, 1.54) is 13.8 Å². The van der Waals surface area contributed by atoms with Crippen molar-refractivity contribution in [2.24, 2.45) is 28.6 Å². The lowest BCUT2D eigenvalue weighted by Crippen LogP contribution is -2.69. The van der Waals surface area contributed by atoms with Crippen LogP contribution in [-0.2, 0) is 38.0 Å². The van der Waals surface area contributed by atoms with Crippen molar-refractivity contribution in [2.45, 2.75) is 104 Å². The van der Waals surface area contributed by atoms with Gasteiger partial charge < -0.3 is 28.4 Å². The molecule has 34 heavy (non-hydrogen) atoms. The molecule has 0 aromatic heterocycles. The number of esters is 2. The second-order valence-corrected chi connectivity index (χ2v) is 11.4. The van der Waals surface area contributed by atoms with Gasteiger partial charge in [0.1, 0.15) is 18.3 Å². The molecule has 0 amide bonds. The van der Waals surface area contributed by atoms with Crippen molar-refractivity contribution in [2.75, 3.05) is 19.8 Å². The molecule has 0 unspecified atom stereocenters. The number of ether oxygens (including phenoxy) is 6. The van der Waals surface area contributed by atoms with Crippen molar-refractivity contribution in [3.63, 3.8) is 0 Å². The smallest absolute Gasteiger partial charge is 0.302 e. The SMILES string of the molecule is CCO[C@@H]1C[C@@H]2C[C@@H]([C@@]3(C)[C@H](C)C[C@@H](OC(C)=O)[C@]4(COC(C)=O)[C@@H]3CCC[C@]43CO3)O[C@@H]2O1. The Morgan fingerprint density at radius 3 is 2.47 bits per heavy atom. The summed E-state index contributed by atoms with van der Waals surface area (Å²) in [7, 11) is 0. The summed E-state index contributed by atoms with van der Waals surface area (Å²) in [6.07, 6.45) is 4.56. The molecule has 0 aromatic rings. The largest absolute Gasteiger partial charge is 0.465 e. The van der Waals surface area contributed by atoms with Gasteiger partial charge in [-0.05, 0) is 44.4 Å². The van der Waals surface area contributed by atoms with E-state index in [-0.39, 0.29) is 60.6 Å². The molecule has 3 aliphatic heterocycles. The zero-order valence-electron chi connectivity index (χ0n) is 21.2. The molecule has 8 nitrogen and oxygen atoms in total. The molecule has 3 saturated heterocycles. The van der Waals surface area contributed by atoms with E-state index in [1.54, 1.807) is 0 Å². The fraction of sp³-hybridized carbons (Fsp3) is 0.923. The van der Waals surface area contributed by atoms with E-state index in [9.17, 15) is 9.59 Å². The highest BCUT2D eigenvalue weighted by Gasteiger charge is 2.76. The zero-order chi connectivity index (χ0) is 24.3. The quantitative estimate of drug-likeness (QED) is 0.421. The average molecular weight is 481 g/mol. The van der Waals surface area contributed by atoms with Crippen molar-refractivity contribution >= 4 is 11.9 Å². The molecule has 5 aliphatic rings. The first-order chi connectivity index (χ1) is 16.2. The van der Waals surface area contributed by atoms with Gasteiger partial charge in [-0.3, -0.25) is 9.59 Å². The first-order valence-corrected chi connectivity index (χ1v) is 13.0. The maximum atomic E-state index is 12.2. The van der Waals surface area contributed by atoms with Crippen molar-refractivity contribution in [1.82, 2.24) is 0 Å². The molecule has 1 spiro atoms. The minimum absolute atomic E-state index is 0.00829. The highest BCUT2D eigenvalue weighted by molar-refractivity contribution is 5.67. The number of hydrogen-bond acceptors (Lipinski definition) is 8. The molecule has 10 atom stereocenters. The fourth-order valence-corrected chi connectivity index (χ4v) is 8.07. The molecule has 8 heteroatoms. The Labute approximate surface area is 202 Å². The molecule has 0 radical (unpaired) electrons. The Balaban J connectivity index is 1.50. The molecule has 192 valence electrons. The van der Waals surface area contributed by atoms with Crippen molar-refractivity contribution in [3.05, 3.63) is 0 Å². The van der Waals surface area contributed by atoms with Crippen LogP contribution in [0.5, 0.6) is 0 Å². The van der Waals surface area contributed by atoms with E-state index in [0.29, 0.717) is 25.6 Å². The number of fused-ring (bicyclic) bond motifs is 3. The van der Waals surface area contributed by atoms with Gasteiger partial charge in [0.15, 0.2) is 12.6 Å². The Bertz CT molecular complexity index is 797. The zero-order valence-corrected chi connectivity index (χ0v) is 21.2. The maximum Gasteiger partial charge on any atom is 0.302 e. The van der Waals surface area contributed by atoms with Crippen LogP contribution in [0, 0.1) is 28.6 Å². The summed E-state index contributed by atoms with van der Waals surface area (Å²) in [6, 6.07) is 0. The predicted octanol–water partition coefficient (Wildman–Crippen LogP) is 3.60. The predicted molar refractivity (Wildman–Crippen MR) is 120 cm³/mol. The second kappa shape index (κ2) is 8.71. The van der Waals surface area contributed by atoms with E-state index >= 15 is 0 Å². The van der Waals surface area contributed by atoms with Crippen LogP contribution in [0.15, 0.2) is 0 Å². The van der Waals surface area contributed by atoms with Gasteiger partial charge in [-0.25, -0.2) is 0 Å². The van der Waals surface area contributed by atoms with Gasteiger partial charge in [0, 0.05) is 38.2 Å². The molecule has 0 aromatic carbocycles. The summed E-state index contributed by atoms with van der Waals surface area (Å²) >= 11 is 0. The lowest BCUT2D eigenvalue weighted by molar-refractivity contribution is -0.266. The van der Waals surface area contributed by atoms with E-state index in [1.807, 2.05) is 6.92 Å². The Morgan fingerprint density at radius 1 is 1.09 bits per heavy atom. The third-order valence-electron chi connectivity index (χ3n) is 9.84. The fourth-order valence-electron chi connectivity index (χ4n) is 8.07. The topological polar surface area (TPSA) is 92.8 Å². The van der Waals surface area contributed by atoms with Crippen LogP contribution in [0.2, 0.25) is 0 Å². The van der Waals surface area contributed by atoms with Crippen LogP contribution < -0.4 is 0 Å². The average Bonchev–Trinajstić information content (AvgIpc) is 3.27. The molecular weight excluding hydrogens is 440 g/mol. The third kappa shape index (κ3) is 3.62. The van der Waals surface area contributed by atoms with Crippen LogP contribution in [0.25, 0.3) is 0 Å². The van der Waals surface area contributed by atoms with Gasteiger partial charge in [0.25, 0.3) is 0 Å². The highest BCUT2D eigenvalue weighted by atomic mass is 16.8. The van der Waals surface area contributed by atoms with Gasteiger partial charge in [-0.2, -0.15) is 0 Å². The van der Waals surface area contributed by atoms with Gasteiger partial charge in [-0.15, -0.1) is 0 Å². The first kappa shape index (κ1) is 24.5. The van der Waals surface area contributed by atoms with Crippen molar-refractivity contribution in [1.29, 1.82) is 0 Å². The minimum atomic E-state index is -0.584. The molecule has 3 heterocycles. The van der Waals surface area contributed by atoms with Crippen LogP contribution in [-0.4, -0.2) is 62.1 Å². The van der Waals surface area contributed by atoms with E-state index < -0.39 is 11.0 Å². The molecule has 2 aliphatic carbocycles. The molecular formula is C26H40O8. The molecule has 5 fully saturated rings. The van der Waals surface area contributed by atoms with Crippen LogP contribution in [0.3, 0.4) is 0 Å². The summed E-state index contributed by atoms with van der Waals surface area (Å²) in [4.78, 5) is 24.2. The standard InChI is InChI=1S/C26H40O8/c1-6-29-22-12-18-11-20(33-23(18)34-22)24(5)15(2)10-21(32-17(4)28)26(14-30-16(3)27)19(24)8-7-9-25(26)13-31-25/h15,18-23H,6-14H2,1-5H3/t15-,18+,19-,20+,21-,22+,23-,24+,25+,26+/m1/s1. The lowest BCUT2D eigenvalue weighted by atomic mass is 9.42. The van der Waals surface area contributed by atoms with Gasteiger partial charge in [0.2, 0.25) is 0 Å². The summed E-state index contributed by atoms with van der Waals surface area (Å²) in [5.74, 6) is 0.0563. The summed E-state index contributed by atoms with van der Waals surface area (Å²) in [6.45, 7) is 10.9. The Morgan fingerprint density at radius 2 is 1.85 bits per heavy atom. The number of carbonyl (C=O) groups excluding carboxylic acids is 2. The van der Waals surface area contributed by atoms with E-state index in [0.717, 1.165) is 32.1 Å². The molecule has 0 bridgehead atoms.